The number of rotatable bonds is 6. The minimum absolute atomic E-state index is 0.198. The van der Waals surface area contributed by atoms with Crippen molar-refractivity contribution >= 4 is 5.97 Å². The van der Waals surface area contributed by atoms with Crippen molar-refractivity contribution < 1.29 is 14.3 Å². The highest BCUT2D eigenvalue weighted by Gasteiger charge is 2.23. The summed E-state index contributed by atoms with van der Waals surface area (Å²) in [4.78, 5) is 15.5. The van der Waals surface area contributed by atoms with Crippen molar-refractivity contribution in [3.63, 3.8) is 0 Å². The maximum atomic E-state index is 11.1. The van der Waals surface area contributed by atoms with E-state index in [1.54, 1.807) is 6.20 Å². The van der Waals surface area contributed by atoms with Gasteiger partial charge in [0.15, 0.2) is 0 Å². The van der Waals surface area contributed by atoms with Gasteiger partial charge in [-0.2, -0.15) is 0 Å². The van der Waals surface area contributed by atoms with Crippen LogP contribution in [0, 0.1) is 0 Å². The summed E-state index contributed by atoms with van der Waals surface area (Å²) in [5.74, 6) is 0.578. The summed E-state index contributed by atoms with van der Waals surface area (Å²) in [5, 5.41) is 0. The first-order valence-corrected chi connectivity index (χ1v) is 7.27. The maximum absolute atomic E-state index is 11.1. The Bertz CT molecular complexity index is 606. The summed E-state index contributed by atoms with van der Waals surface area (Å²) >= 11 is 0. The average Bonchev–Trinajstić information content (AvgIpc) is 2.54. The average molecular weight is 299 g/mol. The molecule has 0 spiro atoms. The number of esters is 1. The van der Waals surface area contributed by atoms with E-state index in [-0.39, 0.29) is 5.97 Å². The fraction of sp³-hybridized carbons (Fsp3) is 0.333. The molecule has 0 aliphatic rings. The van der Waals surface area contributed by atoms with Crippen LogP contribution in [0.15, 0.2) is 48.7 Å². The van der Waals surface area contributed by atoms with Crippen LogP contribution in [0.4, 0.5) is 0 Å². The number of nitrogens with zero attached hydrogens (tertiary/aromatic N) is 1. The monoisotopic (exact) mass is 299 g/mol. The lowest BCUT2D eigenvalue weighted by molar-refractivity contribution is -0.140. The molecule has 0 amide bonds. The van der Waals surface area contributed by atoms with E-state index >= 15 is 0 Å². The second kappa shape index (κ2) is 7.07. The van der Waals surface area contributed by atoms with Gasteiger partial charge < -0.3 is 9.47 Å². The van der Waals surface area contributed by atoms with Gasteiger partial charge in [-0.05, 0) is 50.1 Å². The van der Waals surface area contributed by atoms with E-state index in [0.29, 0.717) is 12.8 Å². The summed E-state index contributed by atoms with van der Waals surface area (Å²) in [6, 6.07) is 13.5. The normalized spacial score (nSPS) is 11.0. The molecule has 0 saturated heterocycles. The molecule has 0 N–H and O–H groups in total. The van der Waals surface area contributed by atoms with Crippen molar-refractivity contribution in [1.82, 2.24) is 4.98 Å². The SMILES string of the molecule is COC(=O)CCc1ccc(OC(C)(C)c2ccccn2)cc1. The Hall–Kier alpha value is -2.36. The number of aryl methyl sites for hydroxylation is 1. The Morgan fingerprint density at radius 2 is 1.86 bits per heavy atom. The maximum Gasteiger partial charge on any atom is 0.305 e. The van der Waals surface area contributed by atoms with Crippen LogP contribution in [-0.2, 0) is 21.6 Å². The first-order chi connectivity index (χ1) is 10.5. The highest BCUT2D eigenvalue weighted by Crippen LogP contribution is 2.26. The zero-order valence-corrected chi connectivity index (χ0v) is 13.2. The van der Waals surface area contributed by atoms with Crippen molar-refractivity contribution in [2.24, 2.45) is 0 Å². The Morgan fingerprint density at radius 3 is 2.45 bits per heavy atom. The molecule has 2 aromatic rings. The zero-order valence-electron chi connectivity index (χ0n) is 13.2. The van der Waals surface area contributed by atoms with Gasteiger partial charge in [0.2, 0.25) is 0 Å². The first kappa shape index (κ1) is 16.0. The van der Waals surface area contributed by atoms with Crippen LogP contribution >= 0.6 is 0 Å². The van der Waals surface area contributed by atoms with Gasteiger partial charge in [-0.3, -0.25) is 9.78 Å². The van der Waals surface area contributed by atoms with Gasteiger partial charge in [-0.15, -0.1) is 0 Å². The summed E-state index contributed by atoms with van der Waals surface area (Å²) in [5.41, 5.74) is 1.45. The lowest BCUT2D eigenvalue weighted by Gasteiger charge is -2.26. The third-order valence-corrected chi connectivity index (χ3v) is 3.42. The number of benzene rings is 1. The fourth-order valence-corrected chi connectivity index (χ4v) is 2.14. The minimum atomic E-state index is -0.505. The Balaban J connectivity index is 2.00. The van der Waals surface area contributed by atoms with E-state index in [4.69, 9.17) is 4.74 Å². The van der Waals surface area contributed by atoms with E-state index in [1.807, 2.05) is 56.3 Å². The van der Waals surface area contributed by atoms with Gasteiger partial charge in [-0.25, -0.2) is 0 Å². The largest absolute Gasteiger partial charge is 0.482 e. The first-order valence-electron chi connectivity index (χ1n) is 7.27. The van der Waals surface area contributed by atoms with Crippen molar-refractivity contribution in [2.75, 3.05) is 7.11 Å². The van der Waals surface area contributed by atoms with E-state index in [9.17, 15) is 4.79 Å². The number of hydrogen-bond donors (Lipinski definition) is 0. The predicted molar refractivity (Wildman–Crippen MR) is 84.7 cm³/mol. The molecule has 0 radical (unpaired) electrons. The molecule has 0 aliphatic carbocycles. The molecule has 4 heteroatoms. The van der Waals surface area contributed by atoms with E-state index in [1.165, 1.54) is 7.11 Å². The van der Waals surface area contributed by atoms with Gasteiger partial charge in [-0.1, -0.05) is 18.2 Å². The lowest BCUT2D eigenvalue weighted by atomic mass is 10.0. The number of aromatic nitrogens is 1. The number of methoxy groups -OCH3 is 1. The van der Waals surface area contributed by atoms with Crippen LogP contribution < -0.4 is 4.74 Å². The van der Waals surface area contributed by atoms with Crippen LogP contribution in [-0.4, -0.2) is 18.1 Å². The van der Waals surface area contributed by atoms with Gasteiger partial charge in [0.25, 0.3) is 0 Å². The van der Waals surface area contributed by atoms with Gasteiger partial charge in [0.05, 0.1) is 12.8 Å². The molecular weight excluding hydrogens is 278 g/mol. The summed E-state index contributed by atoms with van der Waals surface area (Å²) in [6.45, 7) is 3.97. The van der Waals surface area contributed by atoms with Crippen LogP contribution in [0.2, 0.25) is 0 Å². The molecule has 22 heavy (non-hydrogen) atoms. The predicted octanol–water partition coefficient (Wildman–Crippen LogP) is 3.50. The Labute approximate surface area is 131 Å². The zero-order chi connectivity index (χ0) is 16.0. The number of hydrogen-bond acceptors (Lipinski definition) is 4. The molecule has 1 heterocycles. The lowest BCUT2D eigenvalue weighted by Crippen LogP contribution is -2.26. The molecule has 0 atom stereocenters. The Kier molecular flexibility index (Phi) is 5.15. The van der Waals surface area contributed by atoms with Crippen LogP contribution in [0.3, 0.4) is 0 Å². The topological polar surface area (TPSA) is 48.4 Å². The molecule has 0 aliphatic heterocycles. The summed E-state index contributed by atoms with van der Waals surface area (Å²) < 4.78 is 10.7. The van der Waals surface area contributed by atoms with Crippen LogP contribution in [0.1, 0.15) is 31.5 Å². The minimum Gasteiger partial charge on any atom is -0.482 e. The van der Waals surface area contributed by atoms with Gasteiger partial charge in [0.1, 0.15) is 11.4 Å². The standard InChI is InChI=1S/C18H21NO3/c1-18(2,16-6-4-5-13-19-16)22-15-10-7-14(8-11-15)9-12-17(20)21-3/h4-8,10-11,13H,9,12H2,1-3H3. The van der Waals surface area contributed by atoms with Crippen LogP contribution in [0.5, 0.6) is 5.75 Å². The van der Waals surface area contributed by atoms with E-state index in [0.717, 1.165) is 17.0 Å². The van der Waals surface area contributed by atoms with Crippen molar-refractivity contribution in [3.8, 4) is 5.75 Å². The van der Waals surface area contributed by atoms with Gasteiger partial charge >= 0.3 is 5.97 Å². The molecular formula is C18H21NO3. The van der Waals surface area contributed by atoms with Crippen molar-refractivity contribution in [2.45, 2.75) is 32.3 Å². The number of carbonyl (C=O) groups is 1. The highest BCUT2D eigenvalue weighted by atomic mass is 16.5. The highest BCUT2D eigenvalue weighted by molar-refractivity contribution is 5.69. The summed E-state index contributed by atoms with van der Waals surface area (Å²) in [6.07, 6.45) is 2.81. The molecule has 2 rings (SSSR count). The van der Waals surface area contributed by atoms with Crippen molar-refractivity contribution in [1.29, 1.82) is 0 Å². The molecule has 4 nitrogen and oxygen atoms in total. The fourth-order valence-electron chi connectivity index (χ4n) is 2.14. The third kappa shape index (κ3) is 4.32. The smallest absolute Gasteiger partial charge is 0.305 e. The number of ether oxygens (including phenoxy) is 2. The van der Waals surface area contributed by atoms with Crippen molar-refractivity contribution in [3.05, 3.63) is 59.9 Å². The molecule has 1 aromatic heterocycles. The molecule has 1 aromatic carbocycles. The second-order valence-corrected chi connectivity index (χ2v) is 5.55. The van der Waals surface area contributed by atoms with Crippen LogP contribution in [0.25, 0.3) is 0 Å². The van der Waals surface area contributed by atoms with Gasteiger partial charge in [0, 0.05) is 12.6 Å². The number of pyridine rings is 1. The molecule has 0 fully saturated rings. The Morgan fingerprint density at radius 1 is 1.14 bits per heavy atom. The quantitative estimate of drug-likeness (QED) is 0.766. The number of carbonyl (C=O) groups excluding carboxylic acids is 1. The second-order valence-electron chi connectivity index (χ2n) is 5.55. The summed E-state index contributed by atoms with van der Waals surface area (Å²) in [7, 11) is 1.40. The van der Waals surface area contributed by atoms with E-state index < -0.39 is 5.60 Å². The molecule has 116 valence electrons. The molecule has 0 bridgehead atoms. The van der Waals surface area contributed by atoms with E-state index in [2.05, 4.69) is 9.72 Å². The molecule has 0 saturated carbocycles. The molecule has 0 unspecified atom stereocenters. The third-order valence-electron chi connectivity index (χ3n) is 3.42.